The van der Waals surface area contributed by atoms with E-state index in [0.717, 1.165) is 17.3 Å². The fourth-order valence-electron chi connectivity index (χ4n) is 1.75. The van der Waals surface area contributed by atoms with Crippen molar-refractivity contribution in [2.24, 2.45) is 0 Å². The van der Waals surface area contributed by atoms with E-state index in [1.165, 1.54) is 12.1 Å². The fourth-order valence-corrected chi connectivity index (χ4v) is 2.76. The Kier molecular flexibility index (Phi) is 3.42. The normalized spacial score (nSPS) is 16.8. The number of rotatable bonds is 2. The predicted octanol–water partition coefficient (Wildman–Crippen LogP) is 4.21. The Morgan fingerprint density at radius 3 is 2.60 bits per heavy atom. The third kappa shape index (κ3) is 2.66. The molecule has 1 aliphatic heterocycles. The minimum absolute atomic E-state index is 0.188. The zero-order chi connectivity index (χ0) is 14.1. The number of hydrogen-bond acceptors (Lipinski definition) is 4. The van der Waals surface area contributed by atoms with Crippen LogP contribution >= 0.6 is 24.0 Å². The summed E-state index contributed by atoms with van der Waals surface area (Å²) in [5.74, 6) is 0.927. The van der Waals surface area contributed by atoms with E-state index in [0.29, 0.717) is 21.4 Å². The first kappa shape index (κ1) is 13.1. The standard InChI is InChI=1S/C14H8FNO2S2/c15-9-3-1-8(2-4-9)11-6-5-10(18-11)7-12-13(19)16-14(17)20-12/h1-7H,(H,16,17,19)/b12-7-. The second-order valence-electron chi connectivity index (χ2n) is 4.06. The summed E-state index contributed by atoms with van der Waals surface area (Å²) in [7, 11) is 0. The van der Waals surface area contributed by atoms with Crippen molar-refractivity contribution in [3.05, 3.63) is 52.9 Å². The molecule has 1 aromatic carbocycles. The van der Waals surface area contributed by atoms with Crippen LogP contribution < -0.4 is 5.32 Å². The summed E-state index contributed by atoms with van der Waals surface area (Å²) < 4.78 is 18.5. The Morgan fingerprint density at radius 1 is 1.20 bits per heavy atom. The van der Waals surface area contributed by atoms with Crippen LogP contribution in [-0.2, 0) is 0 Å². The van der Waals surface area contributed by atoms with Gasteiger partial charge in [-0.1, -0.05) is 12.2 Å². The van der Waals surface area contributed by atoms with Crippen LogP contribution in [0.15, 0.2) is 45.7 Å². The third-order valence-electron chi connectivity index (χ3n) is 2.67. The van der Waals surface area contributed by atoms with Gasteiger partial charge in [0.15, 0.2) is 0 Å². The van der Waals surface area contributed by atoms with Crippen molar-refractivity contribution in [2.45, 2.75) is 0 Å². The Balaban J connectivity index is 1.87. The Labute approximate surface area is 123 Å². The van der Waals surface area contributed by atoms with E-state index in [4.69, 9.17) is 16.6 Å². The highest BCUT2D eigenvalue weighted by atomic mass is 32.2. The van der Waals surface area contributed by atoms with E-state index in [1.54, 1.807) is 30.3 Å². The molecule has 3 nitrogen and oxygen atoms in total. The summed E-state index contributed by atoms with van der Waals surface area (Å²) in [4.78, 5) is 12.2. The average Bonchev–Trinajstić information content (AvgIpc) is 2.98. The van der Waals surface area contributed by atoms with Gasteiger partial charge in [0, 0.05) is 5.56 Å². The van der Waals surface area contributed by atoms with Crippen molar-refractivity contribution in [3.63, 3.8) is 0 Å². The zero-order valence-corrected chi connectivity index (χ0v) is 11.7. The van der Waals surface area contributed by atoms with Crippen molar-refractivity contribution in [2.75, 3.05) is 0 Å². The van der Waals surface area contributed by atoms with Crippen molar-refractivity contribution < 1.29 is 13.6 Å². The molecule has 2 aromatic rings. The Morgan fingerprint density at radius 2 is 1.95 bits per heavy atom. The Bertz CT molecular complexity index is 719. The number of thioether (sulfide) groups is 1. The van der Waals surface area contributed by atoms with Crippen LogP contribution in [0, 0.1) is 5.82 Å². The van der Waals surface area contributed by atoms with Gasteiger partial charge in [-0.3, -0.25) is 4.79 Å². The molecule has 2 heterocycles. The van der Waals surface area contributed by atoms with E-state index in [9.17, 15) is 9.18 Å². The van der Waals surface area contributed by atoms with Gasteiger partial charge in [0.1, 0.15) is 22.3 Å². The molecule has 0 atom stereocenters. The largest absolute Gasteiger partial charge is 0.457 e. The van der Waals surface area contributed by atoms with Gasteiger partial charge in [-0.15, -0.1) is 0 Å². The minimum atomic E-state index is -0.292. The molecule has 1 aromatic heterocycles. The lowest BCUT2D eigenvalue weighted by Gasteiger charge is -1.96. The molecule has 0 saturated carbocycles. The highest BCUT2D eigenvalue weighted by Crippen LogP contribution is 2.29. The number of benzene rings is 1. The van der Waals surface area contributed by atoms with Gasteiger partial charge in [-0.05, 0) is 54.2 Å². The lowest BCUT2D eigenvalue weighted by molar-refractivity contribution is 0.265. The molecule has 0 spiro atoms. The Hall–Kier alpha value is -1.92. The first-order chi connectivity index (χ1) is 9.61. The molecule has 100 valence electrons. The average molecular weight is 305 g/mol. The summed E-state index contributed by atoms with van der Waals surface area (Å²) in [5.41, 5.74) is 0.784. The number of furan rings is 1. The molecule has 1 amide bonds. The van der Waals surface area contributed by atoms with Crippen LogP contribution in [0.2, 0.25) is 0 Å². The van der Waals surface area contributed by atoms with E-state index < -0.39 is 0 Å². The summed E-state index contributed by atoms with van der Waals surface area (Å²) in [6, 6.07) is 9.60. The number of hydrogen-bond donors (Lipinski definition) is 1. The summed E-state index contributed by atoms with van der Waals surface area (Å²) >= 11 is 6.06. The SMILES string of the molecule is O=C1NC(=S)/C(=C/c2ccc(-c3ccc(F)cc3)o2)S1. The van der Waals surface area contributed by atoms with Crippen LogP contribution in [0.1, 0.15) is 5.76 Å². The zero-order valence-electron chi connectivity index (χ0n) is 10.1. The van der Waals surface area contributed by atoms with E-state index in [1.807, 2.05) is 0 Å². The number of halogens is 1. The van der Waals surface area contributed by atoms with Gasteiger partial charge in [0.25, 0.3) is 5.24 Å². The molecule has 20 heavy (non-hydrogen) atoms. The van der Waals surface area contributed by atoms with Gasteiger partial charge in [-0.2, -0.15) is 0 Å². The minimum Gasteiger partial charge on any atom is -0.457 e. The van der Waals surface area contributed by atoms with Crippen molar-refractivity contribution in [1.29, 1.82) is 0 Å². The third-order valence-corrected chi connectivity index (χ3v) is 3.95. The number of amides is 1. The highest BCUT2D eigenvalue weighted by Gasteiger charge is 2.21. The van der Waals surface area contributed by atoms with Crippen molar-refractivity contribution in [3.8, 4) is 11.3 Å². The first-order valence-corrected chi connectivity index (χ1v) is 6.95. The lowest BCUT2D eigenvalue weighted by Crippen LogP contribution is -2.15. The molecule has 3 rings (SSSR count). The molecule has 1 aliphatic rings. The summed E-state index contributed by atoms with van der Waals surface area (Å²) in [5, 5.41) is 2.35. The molecule has 1 saturated heterocycles. The topological polar surface area (TPSA) is 42.2 Å². The van der Waals surface area contributed by atoms with Crippen LogP contribution in [0.4, 0.5) is 9.18 Å². The lowest BCUT2D eigenvalue weighted by atomic mass is 10.2. The van der Waals surface area contributed by atoms with Crippen molar-refractivity contribution >= 4 is 40.3 Å². The summed E-state index contributed by atoms with van der Waals surface area (Å²) in [6.45, 7) is 0. The molecular weight excluding hydrogens is 297 g/mol. The number of carbonyl (C=O) groups is 1. The summed E-state index contributed by atoms with van der Waals surface area (Å²) in [6.07, 6.45) is 1.71. The second-order valence-corrected chi connectivity index (χ2v) is 5.48. The van der Waals surface area contributed by atoms with Gasteiger partial charge in [0.2, 0.25) is 0 Å². The fraction of sp³-hybridized carbons (Fsp3) is 0. The maximum absolute atomic E-state index is 12.9. The van der Waals surface area contributed by atoms with Gasteiger partial charge < -0.3 is 9.73 Å². The molecule has 0 unspecified atom stereocenters. The highest BCUT2D eigenvalue weighted by molar-refractivity contribution is 8.19. The molecule has 0 aliphatic carbocycles. The van der Waals surface area contributed by atoms with Gasteiger partial charge in [-0.25, -0.2) is 4.39 Å². The molecular formula is C14H8FNO2S2. The second kappa shape index (κ2) is 5.22. The molecule has 0 bridgehead atoms. The van der Waals surface area contributed by atoms with Gasteiger partial charge >= 0.3 is 0 Å². The van der Waals surface area contributed by atoms with Gasteiger partial charge in [0.05, 0.1) is 4.91 Å². The monoisotopic (exact) mass is 305 g/mol. The number of carbonyl (C=O) groups excluding carboxylic acids is 1. The van der Waals surface area contributed by atoms with E-state index >= 15 is 0 Å². The maximum Gasteiger partial charge on any atom is 0.289 e. The quantitative estimate of drug-likeness (QED) is 0.666. The maximum atomic E-state index is 12.9. The van der Waals surface area contributed by atoms with Crippen LogP contribution in [0.3, 0.4) is 0 Å². The molecule has 1 N–H and O–H groups in total. The van der Waals surface area contributed by atoms with Crippen LogP contribution in [-0.4, -0.2) is 10.2 Å². The van der Waals surface area contributed by atoms with E-state index in [-0.39, 0.29) is 11.1 Å². The molecule has 6 heteroatoms. The van der Waals surface area contributed by atoms with Crippen LogP contribution in [0.5, 0.6) is 0 Å². The predicted molar refractivity (Wildman–Crippen MR) is 80.8 cm³/mol. The smallest absolute Gasteiger partial charge is 0.289 e. The molecule has 1 fully saturated rings. The first-order valence-electron chi connectivity index (χ1n) is 5.72. The van der Waals surface area contributed by atoms with Crippen molar-refractivity contribution in [1.82, 2.24) is 5.32 Å². The van der Waals surface area contributed by atoms with E-state index in [2.05, 4.69) is 5.32 Å². The van der Waals surface area contributed by atoms with Crippen LogP contribution in [0.25, 0.3) is 17.4 Å². The number of thiocarbonyl (C=S) groups is 1. The number of nitrogens with one attached hydrogen (secondary N) is 1. The molecule has 0 radical (unpaired) electrons.